The van der Waals surface area contributed by atoms with Crippen molar-refractivity contribution in [1.82, 2.24) is 20.9 Å². The van der Waals surface area contributed by atoms with E-state index in [1.807, 2.05) is 4.90 Å². The van der Waals surface area contributed by atoms with Crippen molar-refractivity contribution in [1.29, 1.82) is 0 Å². The van der Waals surface area contributed by atoms with Gasteiger partial charge in [0, 0.05) is 32.3 Å². The third-order valence-corrected chi connectivity index (χ3v) is 6.25. The van der Waals surface area contributed by atoms with E-state index in [-0.39, 0.29) is 30.4 Å². The summed E-state index contributed by atoms with van der Waals surface area (Å²) in [5.74, 6) is 0.117. The largest absolute Gasteiger partial charge is 0.368 e. The van der Waals surface area contributed by atoms with Crippen LogP contribution in [0.15, 0.2) is 0 Å². The Labute approximate surface area is 168 Å². The fraction of sp³-hybridized carbons (Fsp3) is 0.895. The summed E-state index contributed by atoms with van der Waals surface area (Å²) in [4.78, 5) is 27.1. The molecule has 27 heavy (non-hydrogen) atoms. The van der Waals surface area contributed by atoms with Crippen LogP contribution in [-0.2, 0) is 9.53 Å². The van der Waals surface area contributed by atoms with Crippen molar-refractivity contribution in [2.24, 2.45) is 0 Å². The Morgan fingerprint density at radius 3 is 2.07 bits per heavy atom. The normalized spacial score (nSPS) is 24.0. The molecule has 0 aromatic heterocycles. The predicted molar refractivity (Wildman–Crippen MR) is 107 cm³/mol. The number of urea groups is 1. The number of hydrogen-bond acceptors (Lipinski definition) is 4. The molecule has 8 heteroatoms. The van der Waals surface area contributed by atoms with Gasteiger partial charge in [-0.15, -0.1) is 12.4 Å². The van der Waals surface area contributed by atoms with Gasteiger partial charge in [-0.3, -0.25) is 4.79 Å². The molecule has 1 saturated carbocycles. The van der Waals surface area contributed by atoms with Crippen LogP contribution in [0.25, 0.3) is 0 Å². The van der Waals surface area contributed by atoms with Crippen molar-refractivity contribution in [3.05, 3.63) is 0 Å². The number of amides is 3. The first-order chi connectivity index (χ1) is 12.6. The Hall–Kier alpha value is -1.05. The maximum Gasteiger partial charge on any atom is 0.315 e. The van der Waals surface area contributed by atoms with Crippen molar-refractivity contribution in [3.63, 3.8) is 0 Å². The molecule has 0 radical (unpaired) electrons. The SMILES string of the molecule is COC1(C(=O)N2CCC(NC(=O)NC3CCCCC3)CC2)CCNCC1.Cl. The minimum Gasteiger partial charge on any atom is -0.368 e. The number of carbonyl (C=O) groups is 2. The molecule has 2 heterocycles. The first kappa shape index (κ1) is 22.2. The Balaban J connectivity index is 0.00000261. The summed E-state index contributed by atoms with van der Waals surface area (Å²) in [6.45, 7) is 3.01. The maximum atomic E-state index is 13.0. The second-order valence-electron chi connectivity index (χ2n) is 7.97. The number of hydrogen-bond donors (Lipinski definition) is 3. The summed E-state index contributed by atoms with van der Waals surface area (Å²) in [5.41, 5.74) is -0.663. The number of rotatable bonds is 4. The lowest BCUT2D eigenvalue weighted by Gasteiger charge is -2.41. The highest BCUT2D eigenvalue weighted by Crippen LogP contribution is 2.27. The average molecular weight is 403 g/mol. The topological polar surface area (TPSA) is 82.7 Å². The number of carbonyl (C=O) groups excluding carboxylic acids is 2. The van der Waals surface area contributed by atoms with E-state index in [1.165, 1.54) is 19.3 Å². The molecule has 3 amide bonds. The van der Waals surface area contributed by atoms with Crippen molar-refractivity contribution < 1.29 is 14.3 Å². The van der Waals surface area contributed by atoms with Crippen LogP contribution in [0.1, 0.15) is 57.8 Å². The molecule has 0 atom stereocenters. The highest BCUT2D eigenvalue weighted by Gasteiger charge is 2.43. The van der Waals surface area contributed by atoms with E-state index in [1.54, 1.807) is 7.11 Å². The van der Waals surface area contributed by atoms with Gasteiger partial charge in [-0.25, -0.2) is 4.79 Å². The smallest absolute Gasteiger partial charge is 0.315 e. The first-order valence-corrected chi connectivity index (χ1v) is 10.3. The predicted octanol–water partition coefficient (Wildman–Crippen LogP) is 1.80. The second-order valence-corrected chi connectivity index (χ2v) is 7.97. The molecule has 0 unspecified atom stereocenters. The van der Waals surface area contributed by atoms with Crippen molar-refractivity contribution >= 4 is 24.3 Å². The summed E-state index contributed by atoms with van der Waals surface area (Å²) in [6.07, 6.45) is 8.96. The molecular formula is C19H35ClN4O3. The lowest BCUT2D eigenvalue weighted by molar-refractivity contribution is -0.159. The van der Waals surface area contributed by atoms with Crippen LogP contribution in [0.5, 0.6) is 0 Å². The van der Waals surface area contributed by atoms with Gasteiger partial charge in [0.15, 0.2) is 0 Å². The highest BCUT2D eigenvalue weighted by molar-refractivity contribution is 5.86. The minimum absolute atomic E-state index is 0. The Bertz CT molecular complexity index is 485. The van der Waals surface area contributed by atoms with Crippen LogP contribution >= 0.6 is 12.4 Å². The number of piperidine rings is 2. The molecule has 3 aliphatic rings. The van der Waals surface area contributed by atoms with Crippen LogP contribution in [0.4, 0.5) is 4.79 Å². The maximum absolute atomic E-state index is 13.0. The minimum atomic E-state index is -0.663. The van der Waals surface area contributed by atoms with Gasteiger partial charge in [0.1, 0.15) is 5.60 Å². The number of nitrogens with zero attached hydrogens (tertiary/aromatic N) is 1. The number of ether oxygens (including phenoxy) is 1. The zero-order valence-corrected chi connectivity index (χ0v) is 17.2. The number of nitrogens with one attached hydrogen (secondary N) is 3. The summed E-state index contributed by atoms with van der Waals surface area (Å²) >= 11 is 0. The van der Waals surface area contributed by atoms with E-state index in [4.69, 9.17) is 4.74 Å². The standard InChI is InChI=1S/C19H34N4O3.ClH/c1-26-19(9-11-20-12-10-19)17(24)23-13-7-16(8-14-23)22-18(25)21-15-5-3-2-4-6-15;/h15-16,20H,2-14H2,1H3,(H2,21,22,25);1H. The molecular weight excluding hydrogens is 368 g/mol. The fourth-order valence-corrected chi connectivity index (χ4v) is 4.51. The van der Waals surface area contributed by atoms with E-state index < -0.39 is 5.60 Å². The van der Waals surface area contributed by atoms with Gasteiger partial charge in [-0.1, -0.05) is 19.3 Å². The van der Waals surface area contributed by atoms with E-state index in [2.05, 4.69) is 16.0 Å². The molecule has 7 nitrogen and oxygen atoms in total. The second kappa shape index (κ2) is 10.5. The van der Waals surface area contributed by atoms with Gasteiger partial charge in [-0.05, 0) is 51.6 Å². The molecule has 0 bridgehead atoms. The highest BCUT2D eigenvalue weighted by atomic mass is 35.5. The summed E-state index contributed by atoms with van der Waals surface area (Å²) in [6, 6.07) is 0.425. The molecule has 0 aromatic carbocycles. The van der Waals surface area contributed by atoms with Crippen LogP contribution < -0.4 is 16.0 Å². The van der Waals surface area contributed by atoms with Gasteiger partial charge in [0.25, 0.3) is 5.91 Å². The zero-order valence-electron chi connectivity index (χ0n) is 16.4. The average Bonchev–Trinajstić information content (AvgIpc) is 2.69. The third-order valence-electron chi connectivity index (χ3n) is 6.25. The summed E-state index contributed by atoms with van der Waals surface area (Å²) in [5, 5.41) is 9.50. The van der Waals surface area contributed by atoms with Crippen LogP contribution in [-0.4, -0.2) is 67.8 Å². The molecule has 3 fully saturated rings. The number of likely N-dealkylation sites (tertiary alicyclic amines) is 1. The van der Waals surface area contributed by atoms with Crippen molar-refractivity contribution in [2.75, 3.05) is 33.3 Å². The fourth-order valence-electron chi connectivity index (χ4n) is 4.51. The molecule has 0 spiro atoms. The molecule has 0 aromatic rings. The van der Waals surface area contributed by atoms with Crippen molar-refractivity contribution in [3.8, 4) is 0 Å². The summed E-state index contributed by atoms with van der Waals surface area (Å²) < 4.78 is 5.66. The van der Waals surface area contributed by atoms with E-state index >= 15 is 0 Å². The lowest BCUT2D eigenvalue weighted by Crippen LogP contribution is -2.58. The number of halogens is 1. The Morgan fingerprint density at radius 2 is 1.52 bits per heavy atom. The third kappa shape index (κ3) is 5.72. The molecule has 156 valence electrons. The van der Waals surface area contributed by atoms with Gasteiger partial charge in [0.05, 0.1) is 0 Å². The van der Waals surface area contributed by atoms with Crippen LogP contribution in [0.2, 0.25) is 0 Å². The lowest BCUT2D eigenvalue weighted by atomic mass is 9.89. The van der Waals surface area contributed by atoms with E-state index in [0.29, 0.717) is 19.1 Å². The molecule has 3 rings (SSSR count). The van der Waals surface area contributed by atoms with E-state index in [9.17, 15) is 9.59 Å². The molecule has 2 aliphatic heterocycles. The van der Waals surface area contributed by atoms with Crippen LogP contribution in [0, 0.1) is 0 Å². The monoisotopic (exact) mass is 402 g/mol. The van der Waals surface area contributed by atoms with Crippen molar-refractivity contribution in [2.45, 2.75) is 75.5 Å². The van der Waals surface area contributed by atoms with Gasteiger partial charge in [-0.2, -0.15) is 0 Å². The summed E-state index contributed by atoms with van der Waals surface area (Å²) in [7, 11) is 1.65. The Morgan fingerprint density at radius 1 is 0.963 bits per heavy atom. The quantitative estimate of drug-likeness (QED) is 0.669. The Kier molecular flexibility index (Phi) is 8.63. The zero-order chi connectivity index (χ0) is 18.4. The molecule has 1 aliphatic carbocycles. The van der Waals surface area contributed by atoms with E-state index in [0.717, 1.165) is 51.6 Å². The van der Waals surface area contributed by atoms with Gasteiger partial charge >= 0.3 is 6.03 Å². The first-order valence-electron chi connectivity index (χ1n) is 10.3. The van der Waals surface area contributed by atoms with Gasteiger partial charge < -0.3 is 25.6 Å². The molecule has 2 saturated heterocycles. The van der Waals surface area contributed by atoms with Crippen LogP contribution in [0.3, 0.4) is 0 Å². The van der Waals surface area contributed by atoms with Gasteiger partial charge in [0.2, 0.25) is 0 Å². The number of methoxy groups -OCH3 is 1. The molecule has 3 N–H and O–H groups in total.